The van der Waals surface area contributed by atoms with Crippen molar-refractivity contribution in [1.82, 2.24) is 9.88 Å². The zero-order valence-corrected chi connectivity index (χ0v) is 14.7. The molecule has 0 radical (unpaired) electrons. The Balaban J connectivity index is 1.25. The van der Waals surface area contributed by atoms with Crippen LogP contribution in [0.5, 0.6) is 0 Å². The molecule has 0 bridgehead atoms. The van der Waals surface area contributed by atoms with Crippen LogP contribution in [-0.4, -0.2) is 40.1 Å². The summed E-state index contributed by atoms with van der Waals surface area (Å²) in [6, 6.07) is 8.19. The second kappa shape index (κ2) is 6.45. The SMILES string of the molecule is O=C(CCCc1nc2ccccc2s1)N1CCC2(CCC2O)CC1. The molecule has 2 aromatic rings. The molecule has 1 aromatic heterocycles. The number of nitrogens with zero attached hydrogens (tertiary/aromatic N) is 2. The summed E-state index contributed by atoms with van der Waals surface area (Å²) in [7, 11) is 0. The quantitative estimate of drug-likeness (QED) is 0.925. The van der Waals surface area contributed by atoms with E-state index in [9.17, 15) is 9.90 Å². The van der Waals surface area contributed by atoms with Gasteiger partial charge in [0.2, 0.25) is 5.91 Å². The third kappa shape index (κ3) is 2.95. The zero-order chi connectivity index (χ0) is 16.6. The molecule has 4 nitrogen and oxygen atoms in total. The second-order valence-corrected chi connectivity index (χ2v) is 8.34. The zero-order valence-electron chi connectivity index (χ0n) is 13.9. The summed E-state index contributed by atoms with van der Waals surface area (Å²) in [6.45, 7) is 1.63. The fourth-order valence-corrected chi connectivity index (χ4v) is 5.05. The number of aliphatic hydroxyl groups is 1. The normalized spacial score (nSPS) is 22.7. The van der Waals surface area contributed by atoms with E-state index in [-0.39, 0.29) is 17.4 Å². The summed E-state index contributed by atoms with van der Waals surface area (Å²) < 4.78 is 1.22. The molecule has 24 heavy (non-hydrogen) atoms. The highest BCUT2D eigenvalue weighted by molar-refractivity contribution is 7.18. The first-order valence-corrected chi connectivity index (χ1v) is 9.78. The Labute approximate surface area is 146 Å². The molecule has 2 heterocycles. The molecule has 1 saturated heterocycles. The largest absolute Gasteiger partial charge is 0.393 e. The van der Waals surface area contributed by atoms with Gasteiger partial charge in [-0.3, -0.25) is 4.79 Å². The average Bonchev–Trinajstić information content (AvgIpc) is 3.03. The molecule has 2 aliphatic rings. The summed E-state index contributed by atoms with van der Waals surface area (Å²) >= 11 is 1.73. The van der Waals surface area contributed by atoms with Crippen LogP contribution in [-0.2, 0) is 11.2 Å². The predicted octanol–water partition coefficient (Wildman–Crippen LogP) is 3.38. The van der Waals surface area contributed by atoms with Gasteiger partial charge in [-0.25, -0.2) is 4.98 Å². The lowest BCUT2D eigenvalue weighted by atomic mass is 9.61. The molecule has 2 fully saturated rings. The summed E-state index contributed by atoms with van der Waals surface area (Å²) in [6.07, 6.45) is 6.23. The maximum Gasteiger partial charge on any atom is 0.222 e. The Morgan fingerprint density at radius 2 is 2.08 bits per heavy atom. The van der Waals surface area contributed by atoms with Crippen molar-refractivity contribution in [2.24, 2.45) is 5.41 Å². The minimum Gasteiger partial charge on any atom is -0.393 e. The van der Waals surface area contributed by atoms with Crippen molar-refractivity contribution in [3.63, 3.8) is 0 Å². The van der Waals surface area contributed by atoms with Gasteiger partial charge in [0.15, 0.2) is 0 Å². The van der Waals surface area contributed by atoms with Gasteiger partial charge in [-0.2, -0.15) is 0 Å². The minimum atomic E-state index is -0.131. The monoisotopic (exact) mass is 344 g/mol. The number of rotatable bonds is 4. The van der Waals surface area contributed by atoms with Crippen LogP contribution in [0.3, 0.4) is 0 Å². The Bertz CT molecular complexity index is 701. The summed E-state index contributed by atoms with van der Waals surface area (Å²) in [5.74, 6) is 0.264. The van der Waals surface area contributed by atoms with Gasteiger partial charge in [0.05, 0.1) is 21.3 Å². The van der Waals surface area contributed by atoms with E-state index in [1.807, 2.05) is 23.1 Å². The Morgan fingerprint density at radius 1 is 1.29 bits per heavy atom. The lowest BCUT2D eigenvalue weighted by Crippen LogP contribution is -2.53. The fraction of sp³-hybridized carbons (Fsp3) is 0.579. The van der Waals surface area contributed by atoms with Crippen LogP contribution in [0.4, 0.5) is 0 Å². The number of aliphatic hydroxyl groups excluding tert-OH is 1. The van der Waals surface area contributed by atoms with E-state index >= 15 is 0 Å². The molecule has 1 aliphatic carbocycles. The third-order valence-electron chi connectivity index (χ3n) is 5.85. The maximum atomic E-state index is 12.4. The van der Waals surface area contributed by atoms with Crippen molar-refractivity contribution in [3.8, 4) is 0 Å². The Kier molecular flexibility index (Phi) is 4.31. The van der Waals surface area contributed by atoms with Gasteiger partial charge in [-0.15, -0.1) is 11.3 Å². The van der Waals surface area contributed by atoms with Crippen molar-refractivity contribution < 1.29 is 9.90 Å². The van der Waals surface area contributed by atoms with Crippen LogP contribution in [0.15, 0.2) is 24.3 Å². The molecular formula is C19H24N2O2S. The number of aryl methyl sites for hydroxylation is 1. The second-order valence-electron chi connectivity index (χ2n) is 7.23. The highest BCUT2D eigenvalue weighted by atomic mass is 32.1. The van der Waals surface area contributed by atoms with E-state index in [1.54, 1.807) is 11.3 Å². The number of hydrogen-bond acceptors (Lipinski definition) is 4. The van der Waals surface area contributed by atoms with Crippen LogP contribution in [0.2, 0.25) is 0 Å². The first-order valence-electron chi connectivity index (χ1n) is 8.97. The number of benzene rings is 1. The number of fused-ring (bicyclic) bond motifs is 1. The number of amides is 1. The number of para-hydroxylation sites is 1. The van der Waals surface area contributed by atoms with E-state index in [4.69, 9.17) is 0 Å². The number of thiazole rings is 1. The highest BCUT2D eigenvalue weighted by Crippen LogP contribution is 2.49. The van der Waals surface area contributed by atoms with Crippen molar-refractivity contribution in [2.45, 2.75) is 51.0 Å². The first kappa shape index (κ1) is 16.0. The number of likely N-dealkylation sites (tertiary alicyclic amines) is 1. The van der Waals surface area contributed by atoms with Crippen LogP contribution in [0, 0.1) is 5.41 Å². The molecule has 5 heteroatoms. The van der Waals surface area contributed by atoms with Gasteiger partial charge >= 0.3 is 0 Å². The molecule has 1 N–H and O–H groups in total. The van der Waals surface area contributed by atoms with Crippen LogP contribution in [0.25, 0.3) is 10.2 Å². The first-order chi connectivity index (χ1) is 11.7. The Morgan fingerprint density at radius 3 is 2.75 bits per heavy atom. The molecule has 4 rings (SSSR count). The van der Waals surface area contributed by atoms with Crippen molar-refractivity contribution in [1.29, 1.82) is 0 Å². The number of hydrogen-bond donors (Lipinski definition) is 1. The van der Waals surface area contributed by atoms with E-state index in [0.29, 0.717) is 6.42 Å². The van der Waals surface area contributed by atoms with Crippen molar-refractivity contribution in [2.75, 3.05) is 13.1 Å². The number of aromatic nitrogens is 1. The highest BCUT2D eigenvalue weighted by Gasteiger charge is 2.47. The smallest absolute Gasteiger partial charge is 0.222 e. The van der Waals surface area contributed by atoms with Crippen molar-refractivity contribution in [3.05, 3.63) is 29.3 Å². The lowest BCUT2D eigenvalue weighted by molar-refractivity contribution is -0.141. The van der Waals surface area contributed by atoms with Crippen LogP contribution in [0.1, 0.15) is 43.5 Å². The van der Waals surface area contributed by atoms with Gasteiger partial charge in [-0.05, 0) is 56.1 Å². The van der Waals surface area contributed by atoms with Crippen LogP contribution >= 0.6 is 11.3 Å². The molecule has 1 aromatic carbocycles. The van der Waals surface area contributed by atoms with Gasteiger partial charge in [0.1, 0.15) is 0 Å². The van der Waals surface area contributed by atoms with Gasteiger partial charge < -0.3 is 10.0 Å². The summed E-state index contributed by atoms with van der Waals surface area (Å²) in [4.78, 5) is 19.0. The molecule has 1 unspecified atom stereocenters. The van der Waals surface area contributed by atoms with E-state index in [1.165, 1.54) is 4.70 Å². The topological polar surface area (TPSA) is 53.4 Å². The Hall–Kier alpha value is -1.46. The fourth-order valence-electron chi connectivity index (χ4n) is 4.04. The average molecular weight is 344 g/mol. The predicted molar refractivity (Wildman–Crippen MR) is 96.0 cm³/mol. The van der Waals surface area contributed by atoms with Gasteiger partial charge in [0.25, 0.3) is 0 Å². The summed E-state index contributed by atoms with van der Waals surface area (Å²) in [5, 5.41) is 11.1. The minimum absolute atomic E-state index is 0.131. The molecular weight excluding hydrogens is 320 g/mol. The molecule has 1 amide bonds. The lowest BCUT2D eigenvalue weighted by Gasteiger charge is -2.51. The van der Waals surface area contributed by atoms with E-state index < -0.39 is 0 Å². The van der Waals surface area contributed by atoms with Gasteiger partial charge in [-0.1, -0.05) is 12.1 Å². The van der Waals surface area contributed by atoms with Crippen molar-refractivity contribution >= 4 is 27.5 Å². The molecule has 1 saturated carbocycles. The number of carbonyl (C=O) groups excluding carboxylic acids is 1. The standard InChI is InChI=1S/C19H24N2O2S/c22-16-8-9-19(16)10-12-21(13-11-19)18(23)7-3-6-17-20-14-4-1-2-5-15(14)24-17/h1-2,4-5,16,22H,3,6-13H2. The number of piperidine rings is 1. The maximum absolute atomic E-state index is 12.4. The molecule has 1 spiro atoms. The van der Waals surface area contributed by atoms with E-state index in [0.717, 1.165) is 62.1 Å². The number of carbonyl (C=O) groups is 1. The van der Waals surface area contributed by atoms with Gasteiger partial charge in [0, 0.05) is 19.5 Å². The molecule has 1 aliphatic heterocycles. The third-order valence-corrected chi connectivity index (χ3v) is 6.95. The van der Waals surface area contributed by atoms with E-state index in [2.05, 4.69) is 11.1 Å². The molecule has 128 valence electrons. The summed E-state index contributed by atoms with van der Waals surface area (Å²) in [5.41, 5.74) is 1.20. The molecule has 1 atom stereocenters. The van der Waals surface area contributed by atoms with Crippen LogP contribution < -0.4 is 0 Å².